The van der Waals surface area contributed by atoms with Crippen molar-refractivity contribution in [1.82, 2.24) is 14.4 Å². The summed E-state index contributed by atoms with van der Waals surface area (Å²) in [5.41, 5.74) is 2.91. The van der Waals surface area contributed by atoms with Gasteiger partial charge in [0, 0.05) is 49.8 Å². The zero-order chi connectivity index (χ0) is 16.7. The van der Waals surface area contributed by atoms with E-state index in [0.29, 0.717) is 6.04 Å². The summed E-state index contributed by atoms with van der Waals surface area (Å²) >= 11 is 0. The zero-order valence-electron chi connectivity index (χ0n) is 15.2. The van der Waals surface area contributed by atoms with Crippen LogP contribution in [0.4, 0.5) is 0 Å². The molecule has 24 heavy (non-hydrogen) atoms. The van der Waals surface area contributed by atoms with Crippen molar-refractivity contribution in [2.75, 3.05) is 33.4 Å². The highest BCUT2D eigenvalue weighted by molar-refractivity contribution is 5.83. The molecule has 0 amide bonds. The standard InChI is InChI=1S/C20H29N3O/c1-16-20(24-15-22(16)3)9-12-23(13-10-20)11-8-17-14-21(2)19-7-5-4-6-18(17)19/h4-7,14,16H,8-13,15H2,1-3H3. The molecule has 0 bridgehead atoms. The molecule has 1 aromatic heterocycles. The molecule has 2 aliphatic rings. The van der Waals surface area contributed by atoms with E-state index >= 15 is 0 Å². The molecule has 1 atom stereocenters. The molecule has 2 fully saturated rings. The summed E-state index contributed by atoms with van der Waals surface area (Å²) in [6, 6.07) is 9.26. The maximum atomic E-state index is 6.17. The Morgan fingerprint density at radius 1 is 1.17 bits per heavy atom. The molecule has 0 saturated carbocycles. The van der Waals surface area contributed by atoms with Crippen molar-refractivity contribution in [3.8, 4) is 0 Å². The number of ether oxygens (including phenoxy) is 1. The lowest BCUT2D eigenvalue weighted by Gasteiger charge is -2.41. The number of hydrogen-bond donors (Lipinski definition) is 0. The fraction of sp³-hybridized carbons (Fsp3) is 0.600. The fourth-order valence-electron chi connectivity index (χ4n) is 4.49. The van der Waals surface area contributed by atoms with Crippen LogP contribution >= 0.6 is 0 Å². The molecule has 0 aliphatic carbocycles. The van der Waals surface area contributed by atoms with E-state index in [1.807, 2.05) is 0 Å². The molecule has 0 radical (unpaired) electrons. The van der Waals surface area contributed by atoms with Gasteiger partial charge in [-0.25, -0.2) is 0 Å². The Kier molecular flexibility index (Phi) is 4.15. The van der Waals surface area contributed by atoms with Crippen molar-refractivity contribution in [3.05, 3.63) is 36.0 Å². The largest absolute Gasteiger partial charge is 0.358 e. The summed E-state index contributed by atoms with van der Waals surface area (Å²) in [6.07, 6.45) is 5.75. The second-order valence-corrected chi connectivity index (χ2v) is 7.65. The molecule has 2 aliphatic heterocycles. The van der Waals surface area contributed by atoms with Gasteiger partial charge in [-0.15, -0.1) is 0 Å². The molecule has 0 N–H and O–H groups in total. The molecule has 4 rings (SSSR count). The number of piperidine rings is 1. The number of rotatable bonds is 3. The summed E-state index contributed by atoms with van der Waals surface area (Å²) in [5, 5.41) is 1.41. The average molecular weight is 327 g/mol. The lowest BCUT2D eigenvalue weighted by Crippen LogP contribution is -2.51. The van der Waals surface area contributed by atoms with Crippen LogP contribution in [-0.4, -0.2) is 59.4 Å². The first-order valence-corrected chi connectivity index (χ1v) is 9.18. The van der Waals surface area contributed by atoms with Gasteiger partial charge in [0.15, 0.2) is 0 Å². The molecule has 1 aromatic carbocycles. The molecular weight excluding hydrogens is 298 g/mol. The summed E-state index contributed by atoms with van der Waals surface area (Å²) in [4.78, 5) is 4.95. The van der Waals surface area contributed by atoms with Gasteiger partial charge in [0.1, 0.15) is 0 Å². The highest BCUT2D eigenvalue weighted by atomic mass is 16.5. The van der Waals surface area contributed by atoms with E-state index in [-0.39, 0.29) is 5.60 Å². The number of fused-ring (bicyclic) bond motifs is 1. The Morgan fingerprint density at radius 3 is 2.62 bits per heavy atom. The third-order valence-corrected chi connectivity index (χ3v) is 6.36. The van der Waals surface area contributed by atoms with Gasteiger partial charge in [-0.1, -0.05) is 18.2 Å². The quantitative estimate of drug-likeness (QED) is 0.865. The summed E-state index contributed by atoms with van der Waals surface area (Å²) in [6.45, 7) is 6.57. The van der Waals surface area contributed by atoms with Crippen LogP contribution in [0.15, 0.2) is 30.5 Å². The first-order valence-electron chi connectivity index (χ1n) is 9.18. The molecule has 2 saturated heterocycles. The van der Waals surface area contributed by atoms with Crippen LogP contribution in [0.2, 0.25) is 0 Å². The number of benzene rings is 1. The van der Waals surface area contributed by atoms with Crippen molar-refractivity contribution in [3.63, 3.8) is 0 Å². The van der Waals surface area contributed by atoms with Crippen LogP contribution < -0.4 is 0 Å². The minimum absolute atomic E-state index is 0.102. The molecule has 2 aromatic rings. The highest BCUT2D eigenvalue weighted by Crippen LogP contribution is 2.36. The van der Waals surface area contributed by atoms with E-state index < -0.39 is 0 Å². The maximum Gasteiger partial charge on any atom is 0.0999 e. The summed E-state index contributed by atoms with van der Waals surface area (Å²) < 4.78 is 8.42. The van der Waals surface area contributed by atoms with Gasteiger partial charge in [0.2, 0.25) is 0 Å². The van der Waals surface area contributed by atoms with Crippen LogP contribution in [0.25, 0.3) is 10.9 Å². The van der Waals surface area contributed by atoms with E-state index in [2.05, 4.69) is 65.8 Å². The predicted molar refractivity (Wildman–Crippen MR) is 98.2 cm³/mol. The number of likely N-dealkylation sites (N-methyl/N-ethyl adjacent to an activating group) is 1. The fourth-order valence-corrected chi connectivity index (χ4v) is 4.49. The van der Waals surface area contributed by atoms with Gasteiger partial charge in [-0.05, 0) is 44.9 Å². The van der Waals surface area contributed by atoms with Crippen molar-refractivity contribution < 1.29 is 4.74 Å². The number of nitrogens with zero attached hydrogens (tertiary/aromatic N) is 3. The van der Waals surface area contributed by atoms with Crippen molar-refractivity contribution >= 4 is 10.9 Å². The van der Waals surface area contributed by atoms with Gasteiger partial charge < -0.3 is 14.2 Å². The molecule has 3 heterocycles. The average Bonchev–Trinajstić information content (AvgIpc) is 3.07. The van der Waals surface area contributed by atoms with Crippen molar-refractivity contribution in [1.29, 1.82) is 0 Å². The molecule has 1 unspecified atom stereocenters. The van der Waals surface area contributed by atoms with Crippen LogP contribution in [0.3, 0.4) is 0 Å². The third kappa shape index (κ3) is 2.67. The Labute approximate surface area is 145 Å². The van der Waals surface area contributed by atoms with Crippen molar-refractivity contribution in [2.45, 2.75) is 37.8 Å². The summed E-state index contributed by atoms with van der Waals surface area (Å²) in [5.74, 6) is 0. The van der Waals surface area contributed by atoms with E-state index in [9.17, 15) is 0 Å². The molecule has 4 heteroatoms. The molecule has 130 valence electrons. The van der Waals surface area contributed by atoms with Crippen molar-refractivity contribution in [2.24, 2.45) is 7.05 Å². The maximum absolute atomic E-state index is 6.17. The van der Waals surface area contributed by atoms with E-state index in [1.54, 1.807) is 0 Å². The first-order chi connectivity index (χ1) is 11.6. The summed E-state index contributed by atoms with van der Waals surface area (Å²) in [7, 11) is 4.32. The second-order valence-electron chi connectivity index (χ2n) is 7.65. The van der Waals surface area contributed by atoms with E-state index in [1.165, 1.54) is 16.5 Å². The van der Waals surface area contributed by atoms with Gasteiger partial charge in [-0.2, -0.15) is 0 Å². The van der Waals surface area contributed by atoms with Gasteiger partial charge in [0.25, 0.3) is 0 Å². The monoisotopic (exact) mass is 327 g/mol. The van der Waals surface area contributed by atoms with Crippen LogP contribution in [0, 0.1) is 0 Å². The first kappa shape index (κ1) is 16.1. The Morgan fingerprint density at radius 2 is 1.92 bits per heavy atom. The normalized spacial score (nSPS) is 25.0. The van der Waals surface area contributed by atoms with Gasteiger partial charge >= 0.3 is 0 Å². The van der Waals surface area contributed by atoms with Crippen LogP contribution in [0.1, 0.15) is 25.3 Å². The Hall–Kier alpha value is -1.36. The van der Waals surface area contributed by atoms with E-state index in [0.717, 1.165) is 45.6 Å². The number of para-hydroxylation sites is 1. The second kappa shape index (κ2) is 6.17. The van der Waals surface area contributed by atoms with Gasteiger partial charge in [-0.3, -0.25) is 4.90 Å². The SMILES string of the molecule is CC1N(C)COC12CCN(CCc1cn(C)c3ccccc13)CC2. The minimum atomic E-state index is 0.102. The lowest BCUT2D eigenvalue weighted by molar-refractivity contribution is -0.0493. The Balaban J connectivity index is 1.38. The highest BCUT2D eigenvalue weighted by Gasteiger charge is 2.46. The Bertz CT molecular complexity index is 715. The lowest BCUT2D eigenvalue weighted by atomic mass is 9.85. The third-order valence-electron chi connectivity index (χ3n) is 6.36. The van der Waals surface area contributed by atoms with Crippen LogP contribution in [-0.2, 0) is 18.2 Å². The van der Waals surface area contributed by atoms with E-state index in [4.69, 9.17) is 4.74 Å². The van der Waals surface area contributed by atoms with Crippen LogP contribution in [0.5, 0.6) is 0 Å². The minimum Gasteiger partial charge on any atom is -0.358 e. The number of aromatic nitrogens is 1. The topological polar surface area (TPSA) is 20.6 Å². The molecule has 1 spiro atoms. The number of hydrogen-bond acceptors (Lipinski definition) is 3. The number of aryl methyl sites for hydroxylation is 1. The zero-order valence-corrected chi connectivity index (χ0v) is 15.2. The number of likely N-dealkylation sites (tertiary alicyclic amines) is 1. The predicted octanol–water partition coefficient (Wildman–Crippen LogP) is 2.86. The van der Waals surface area contributed by atoms with Gasteiger partial charge in [0.05, 0.1) is 12.3 Å². The smallest absolute Gasteiger partial charge is 0.0999 e. The molecule has 4 nitrogen and oxygen atoms in total. The molecular formula is C20H29N3O.